The number of nitrogens with zero attached hydrogens (tertiary/aromatic N) is 1. The molecule has 0 atom stereocenters. The second kappa shape index (κ2) is 9.03. The Morgan fingerprint density at radius 2 is 1.75 bits per heavy atom. The van der Waals surface area contributed by atoms with Gasteiger partial charge in [-0.05, 0) is 42.2 Å². The van der Waals surface area contributed by atoms with Crippen LogP contribution in [0.5, 0.6) is 0 Å². The van der Waals surface area contributed by atoms with Crippen LogP contribution in [0.4, 0.5) is 10.5 Å². The lowest BCUT2D eigenvalue weighted by atomic mass is 10.0. The number of rotatable bonds is 6. The molecule has 2 aromatic carbocycles. The van der Waals surface area contributed by atoms with Crippen LogP contribution in [0.1, 0.15) is 34.3 Å². The van der Waals surface area contributed by atoms with Crippen LogP contribution in [0.15, 0.2) is 48.5 Å². The summed E-state index contributed by atoms with van der Waals surface area (Å²) in [5, 5.41) is 14.9. The van der Waals surface area contributed by atoms with Crippen molar-refractivity contribution >= 4 is 23.6 Å². The number of aromatic carboxylic acids is 1. The van der Waals surface area contributed by atoms with Gasteiger partial charge in [0.15, 0.2) is 0 Å². The van der Waals surface area contributed by atoms with Crippen LogP contribution in [0.25, 0.3) is 0 Å². The Hall–Kier alpha value is -3.35. The fourth-order valence-electron chi connectivity index (χ4n) is 3.20. The zero-order valence-electron chi connectivity index (χ0n) is 15.5. The molecule has 3 N–H and O–H groups in total. The van der Waals surface area contributed by atoms with Gasteiger partial charge in [-0.15, -0.1) is 0 Å². The Morgan fingerprint density at radius 1 is 1.00 bits per heavy atom. The lowest BCUT2D eigenvalue weighted by Gasteiger charge is -2.16. The molecule has 0 radical (unpaired) electrons. The highest BCUT2D eigenvalue weighted by Gasteiger charge is 2.17. The quantitative estimate of drug-likeness (QED) is 0.716. The van der Waals surface area contributed by atoms with Crippen LogP contribution in [0.2, 0.25) is 0 Å². The van der Waals surface area contributed by atoms with Gasteiger partial charge >= 0.3 is 12.0 Å². The molecule has 0 aliphatic carbocycles. The highest BCUT2D eigenvalue weighted by Crippen LogP contribution is 2.14. The lowest BCUT2D eigenvalue weighted by molar-refractivity contribution is -0.120. The summed E-state index contributed by atoms with van der Waals surface area (Å²) in [5.74, 6) is -1.31. The van der Waals surface area contributed by atoms with Crippen molar-refractivity contribution in [2.24, 2.45) is 0 Å². The van der Waals surface area contributed by atoms with Crippen molar-refractivity contribution in [3.8, 4) is 0 Å². The van der Waals surface area contributed by atoms with Crippen molar-refractivity contribution in [3.05, 3.63) is 65.2 Å². The molecule has 2 aromatic rings. The summed E-state index contributed by atoms with van der Waals surface area (Å²) in [4.78, 5) is 37.4. The van der Waals surface area contributed by atoms with Gasteiger partial charge in [-0.1, -0.05) is 30.3 Å². The molecule has 1 aliphatic rings. The molecule has 28 heavy (non-hydrogen) atoms. The molecule has 0 spiro atoms. The van der Waals surface area contributed by atoms with Gasteiger partial charge in [-0.25, -0.2) is 9.59 Å². The monoisotopic (exact) mass is 381 g/mol. The van der Waals surface area contributed by atoms with Gasteiger partial charge in [0.1, 0.15) is 0 Å². The first kappa shape index (κ1) is 19.4. The first-order valence-corrected chi connectivity index (χ1v) is 9.25. The number of likely N-dealkylation sites (tertiary alicyclic amines) is 1. The van der Waals surface area contributed by atoms with E-state index in [0.717, 1.165) is 31.5 Å². The van der Waals surface area contributed by atoms with Crippen molar-refractivity contribution in [1.82, 2.24) is 10.2 Å². The number of carboxylic acids is 1. The molecule has 1 heterocycles. The van der Waals surface area contributed by atoms with Crippen LogP contribution in [-0.2, 0) is 17.8 Å². The minimum Gasteiger partial charge on any atom is -0.478 e. The SMILES string of the molecule is O=C(Cc1ccccc1C(=O)O)NCc1cccc(NC(=O)N2CCCC2)c1. The molecule has 146 valence electrons. The van der Waals surface area contributed by atoms with E-state index in [0.29, 0.717) is 17.8 Å². The Bertz CT molecular complexity index is 875. The number of hydrogen-bond acceptors (Lipinski definition) is 3. The minimum atomic E-state index is -1.05. The lowest BCUT2D eigenvalue weighted by Crippen LogP contribution is -2.32. The molecular formula is C21H23N3O4. The molecule has 3 rings (SSSR count). The molecule has 7 heteroatoms. The van der Waals surface area contributed by atoms with Gasteiger partial charge in [0.25, 0.3) is 0 Å². The summed E-state index contributed by atoms with van der Waals surface area (Å²) < 4.78 is 0. The number of nitrogens with one attached hydrogen (secondary N) is 2. The Balaban J connectivity index is 1.55. The maximum atomic E-state index is 12.2. The minimum absolute atomic E-state index is 0.00609. The van der Waals surface area contributed by atoms with Gasteiger partial charge < -0.3 is 20.6 Å². The van der Waals surface area contributed by atoms with Gasteiger partial charge in [-0.2, -0.15) is 0 Å². The number of anilines is 1. The number of hydrogen-bond donors (Lipinski definition) is 3. The summed E-state index contributed by atoms with van der Waals surface area (Å²) >= 11 is 0. The van der Waals surface area contributed by atoms with Crippen molar-refractivity contribution in [2.45, 2.75) is 25.8 Å². The topological polar surface area (TPSA) is 98.7 Å². The Morgan fingerprint density at radius 3 is 2.50 bits per heavy atom. The highest BCUT2D eigenvalue weighted by atomic mass is 16.4. The Labute approximate surface area is 163 Å². The van der Waals surface area contributed by atoms with Crippen LogP contribution < -0.4 is 10.6 Å². The summed E-state index contributed by atoms with van der Waals surface area (Å²) in [6.45, 7) is 1.85. The van der Waals surface area contributed by atoms with E-state index in [1.807, 2.05) is 24.3 Å². The number of urea groups is 1. The largest absolute Gasteiger partial charge is 0.478 e. The molecule has 1 fully saturated rings. The fourth-order valence-corrected chi connectivity index (χ4v) is 3.20. The number of carbonyl (C=O) groups excluding carboxylic acids is 2. The number of benzene rings is 2. The predicted molar refractivity (Wildman–Crippen MR) is 105 cm³/mol. The van der Waals surface area contributed by atoms with E-state index >= 15 is 0 Å². The molecule has 1 saturated heterocycles. The van der Waals surface area contributed by atoms with E-state index in [2.05, 4.69) is 10.6 Å². The third-order valence-electron chi connectivity index (χ3n) is 4.66. The smallest absolute Gasteiger partial charge is 0.335 e. The van der Waals surface area contributed by atoms with E-state index in [1.165, 1.54) is 6.07 Å². The van der Waals surface area contributed by atoms with Crippen molar-refractivity contribution < 1.29 is 19.5 Å². The molecular weight excluding hydrogens is 358 g/mol. The highest BCUT2D eigenvalue weighted by molar-refractivity contribution is 5.92. The summed E-state index contributed by atoms with van der Waals surface area (Å²) in [6.07, 6.45) is 2.06. The average molecular weight is 381 g/mol. The average Bonchev–Trinajstić information content (AvgIpc) is 3.22. The zero-order valence-corrected chi connectivity index (χ0v) is 15.5. The molecule has 7 nitrogen and oxygen atoms in total. The van der Waals surface area contributed by atoms with E-state index in [1.54, 1.807) is 23.1 Å². The molecule has 1 aliphatic heterocycles. The predicted octanol–water partition coefficient (Wildman–Crippen LogP) is 2.87. The number of amides is 3. The molecule has 3 amide bonds. The molecule has 0 unspecified atom stereocenters. The van der Waals surface area contributed by atoms with E-state index in [-0.39, 0.29) is 23.9 Å². The van der Waals surface area contributed by atoms with E-state index in [9.17, 15) is 19.5 Å². The summed E-state index contributed by atoms with van der Waals surface area (Å²) in [5.41, 5.74) is 2.13. The molecule has 0 bridgehead atoms. The maximum absolute atomic E-state index is 12.2. The van der Waals surface area contributed by atoms with E-state index in [4.69, 9.17) is 0 Å². The van der Waals surface area contributed by atoms with Gasteiger partial charge in [0.2, 0.25) is 5.91 Å². The van der Waals surface area contributed by atoms with Gasteiger partial charge in [-0.3, -0.25) is 4.79 Å². The first-order valence-electron chi connectivity index (χ1n) is 9.25. The first-order chi connectivity index (χ1) is 13.5. The number of carboxylic acid groups (broad SMARTS) is 1. The Kier molecular flexibility index (Phi) is 6.26. The second-order valence-corrected chi connectivity index (χ2v) is 6.74. The third kappa shape index (κ3) is 5.09. The van der Waals surface area contributed by atoms with Crippen molar-refractivity contribution in [1.29, 1.82) is 0 Å². The fraction of sp³-hybridized carbons (Fsp3) is 0.286. The van der Waals surface area contributed by atoms with Crippen LogP contribution >= 0.6 is 0 Å². The summed E-state index contributed by atoms with van der Waals surface area (Å²) in [7, 11) is 0. The van der Waals surface area contributed by atoms with Crippen LogP contribution in [0, 0.1) is 0 Å². The number of carbonyl (C=O) groups is 3. The van der Waals surface area contributed by atoms with Gasteiger partial charge in [0, 0.05) is 25.3 Å². The van der Waals surface area contributed by atoms with Gasteiger partial charge in [0.05, 0.1) is 12.0 Å². The van der Waals surface area contributed by atoms with Crippen molar-refractivity contribution in [2.75, 3.05) is 18.4 Å². The molecule has 0 saturated carbocycles. The second-order valence-electron chi connectivity index (χ2n) is 6.74. The molecule has 0 aromatic heterocycles. The standard InChI is InChI=1S/C21H23N3O4/c25-19(13-16-7-1-2-9-18(16)20(26)27)22-14-15-6-5-8-17(12-15)23-21(28)24-10-3-4-11-24/h1-2,5-9,12H,3-4,10-11,13-14H2,(H,22,25)(H,23,28)(H,26,27). The van der Waals surface area contributed by atoms with Crippen LogP contribution in [0.3, 0.4) is 0 Å². The van der Waals surface area contributed by atoms with Crippen molar-refractivity contribution in [3.63, 3.8) is 0 Å². The zero-order chi connectivity index (χ0) is 19.9. The van der Waals surface area contributed by atoms with E-state index < -0.39 is 5.97 Å². The normalized spacial score (nSPS) is 13.2. The third-order valence-corrected chi connectivity index (χ3v) is 4.66. The van der Waals surface area contributed by atoms with Crippen LogP contribution in [-0.4, -0.2) is 41.0 Å². The maximum Gasteiger partial charge on any atom is 0.335 e. The summed E-state index contributed by atoms with van der Waals surface area (Å²) in [6, 6.07) is 13.7.